The molecule has 0 N–H and O–H groups in total. The molecule has 0 aliphatic rings. The summed E-state index contributed by atoms with van der Waals surface area (Å²) in [5.74, 6) is 0. The van der Waals surface area contributed by atoms with Crippen LogP contribution in [0.4, 0.5) is 0 Å². The highest BCUT2D eigenvalue weighted by molar-refractivity contribution is 5.34. The molecule has 0 saturated heterocycles. The number of hydrogen-bond acceptors (Lipinski definition) is 0. The molecule has 0 bridgehead atoms. The molecule has 0 rings (SSSR count). The molecule has 0 nitrogen and oxygen atoms in total. The first-order chi connectivity index (χ1) is 6.26. The normalized spacial score (nSPS) is 14.8. The van der Waals surface area contributed by atoms with Crippen LogP contribution in [-0.2, 0) is 0 Å². The van der Waals surface area contributed by atoms with Crippen molar-refractivity contribution in [3.63, 3.8) is 0 Å². The van der Waals surface area contributed by atoms with Gasteiger partial charge in [-0.3, -0.25) is 0 Å². The van der Waals surface area contributed by atoms with Crippen molar-refractivity contribution < 1.29 is 0 Å². The first-order valence-electron chi connectivity index (χ1n) is 4.88. The van der Waals surface area contributed by atoms with Crippen molar-refractivity contribution in [2.24, 2.45) is 0 Å². The van der Waals surface area contributed by atoms with E-state index in [1.807, 2.05) is 19.9 Å². The highest BCUT2D eigenvalue weighted by Gasteiger charge is 1.93. The van der Waals surface area contributed by atoms with Gasteiger partial charge in [0.2, 0.25) is 0 Å². The van der Waals surface area contributed by atoms with E-state index < -0.39 is 0 Å². The SMILES string of the molecule is C\C=C/C=C(CC)\C(C)=C/C=C/C. The average molecular weight is 176 g/mol. The Hall–Kier alpha value is -1.04. The first kappa shape index (κ1) is 12.0. The molecule has 0 heteroatoms. The fraction of sp³-hybridized carbons (Fsp3) is 0.385. The highest BCUT2D eigenvalue weighted by atomic mass is 14.0. The molecule has 0 atom stereocenters. The van der Waals surface area contributed by atoms with E-state index in [1.165, 1.54) is 11.1 Å². The Labute approximate surface area is 82.4 Å². The highest BCUT2D eigenvalue weighted by Crippen LogP contribution is 2.13. The lowest BCUT2D eigenvalue weighted by molar-refractivity contribution is 1.10. The molecule has 0 aliphatic heterocycles. The predicted octanol–water partition coefficient (Wildman–Crippen LogP) is 4.42. The second kappa shape index (κ2) is 7.60. The Morgan fingerprint density at radius 1 is 1.00 bits per heavy atom. The molecular weight excluding hydrogens is 156 g/mol. The van der Waals surface area contributed by atoms with E-state index in [9.17, 15) is 0 Å². The van der Waals surface area contributed by atoms with E-state index in [1.54, 1.807) is 0 Å². The van der Waals surface area contributed by atoms with Crippen molar-refractivity contribution in [1.82, 2.24) is 0 Å². The van der Waals surface area contributed by atoms with Crippen LogP contribution in [0.15, 0.2) is 47.6 Å². The minimum Gasteiger partial charge on any atom is -0.0877 e. The molecule has 0 saturated carbocycles. The molecule has 0 spiro atoms. The number of allylic oxidation sites excluding steroid dienone is 8. The van der Waals surface area contributed by atoms with Gasteiger partial charge in [-0.25, -0.2) is 0 Å². The average Bonchev–Trinajstić information content (AvgIpc) is 2.16. The van der Waals surface area contributed by atoms with Crippen molar-refractivity contribution in [3.8, 4) is 0 Å². The Morgan fingerprint density at radius 2 is 1.54 bits per heavy atom. The van der Waals surface area contributed by atoms with Gasteiger partial charge in [0, 0.05) is 0 Å². The smallest absolute Gasteiger partial charge is 0.0305 e. The van der Waals surface area contributed by atoms with Crippen LogP contribution in [0.1, 0.15) is 34.1 Å². The predicted molar refractivity (Wildman–Crippen MR) is 61.8 cm³/mol. The van der Waals surface area contributed by atoms with E-state index in [0.29, 0.717) is 0 Å². The van der Waals surface area contributed by atoms with Crippen LogP contribution in [0, 0.1) is 0 Å². The quantitative estimate of drug-likeness (QED) is 0.556. The van der Waals surface area contributed by atoms with Crippen LogP contribution in [-0.4, -0.2) is 0 Å². The Morgan fingerprint density at radius 3 is 2.00 bits per heavy atom. The molecule has 72 valence electrons. The molecule has 13 heavy (non-hydrogen) atoms. The first-order valence-corrected chi connectivity index (χ1v) is 4.88. The van der Waals surface area contributed by atoms with Crippen LogP contribution in [0.2, 0.25) is 0 Å². The maximum absolute atomic E-state index is 2.18. The maximum Gasteiger partial charge on any atom is -0.0305 e. The van der Waals surface area contributed by atoms with Gasteiger partial charge in [-0.15, -0.1) is 0 Å². The zero-order chi connectivity index (χ0) is 10.1. The molecular formula is C13H20. The summed E-state index contributed by atoms with van der Waals surface area (Å²) in [6.07, 6.45) is 13.7. The van der Waals surface area contributed by atoms with Gasteiger partial charge in [0.05, 0.1) is 0 Å². The van der Waals surface area contributed by atoms with Gasteiger partial charge in [0.25, 0.3) is 0 Å². The van der Waals surface area contributed by atoms with E-state index in [-0.39, 0.29) is 0 Å². The van der Waals surface area contributed by atoms with Crippen molar-refractivity contribution in [1.29, 1.82) is 0 Å². The summed E-state index contributed by atoms with van der Waals surface area (Å²) in [6.45, 7) is 8.40. The van der Waals surface area contributed by atoms with Gasteiger partial charge in [-0.2, -0.15) is 0 Å². The monoisotopic (exact) mass is 176 g/mol. The lowest BCUT2D eigenvalue weighted by Crippen LogP contribution is -1.82. The van der Waals surface area contributed by atoms with Crippen molar-refractivity contribution in [2.45, 2.75) is 34.1 Å². The second-order valence-electron chi connectivity index (χ2n) is 2.95. The third-order valence-corrected chi connectivity index (χ3v) is 1.92. The summed E-state index contributed by atoms with van der Waals surface area (Å²) in [4.78, 5) is 0. The van der Waals surface area contributed by atoms with Crippen LogP contribution >= 0.6 is 0 Å². The third-order valence-electron chi connectivity index (χ3n) is 1.92. The minimum atomic E-state index is 1.09. The summed E-state index contributed by atoms with van der Waals surface area (Å²) in [5.41, 5.74) is 2.75. The van der Waals surface area contributed by atoms with Crippen molar-refractivity contribution in [3.05, 3.63) is 47.6 Å². The summed E-state index contributed by atoms with van der Waals surface area (Å²) < 4.78 is 0. The molecule has 0 aliphatic carbocycles. The largest absolute Gasteiger partial charge is 0.0877 e. The zero-order valence-corrected chi connectivity index (χ0v) is 9.17. The van der Waals surface area contributed by atoms with E-state index in [0.717, 1.165) is 6.42 Å². The number of rotatable bonds is 4. The lowest BCUT2D eigenvalue weighted by atomic mass is 10.0. The lowest BCUT2D eigenvalue weighted by Gasteiger charge is -2.02. The summed E-state index contributed by atoms with van der Waals surface area (Å²) in [7, 11) is 0. The van der Waals surface area contributed by atoms with Crippen molar-refractivity contribution >= 4 is 0 Å². The molecule has 0 heterocycles. The van der Waals surface area contributed by atoms with Crippen LogP contribution in [0.25, 0.3) is 0 Å². The summed E-state index contributed by atoms with van der Waals surface area (Å²) in [5, 5.41) is 0. The van der Waals surface area contributed by atoms with E-state index >= 15 is 0 Å². The van der Waals surface area contributed by atoms with Gasteiger partial charge in [-0.05, 0) is 38.3 Å². The minimum absolute atomic E-state index is 1.09. The van der Waals surface area contributed by atoms with E-state index in [2.05, 4.69) is 44.2 Å². The molecule has 0 unspecified atom stereocenters. The second-order valence-corrected chi connectivity index (χ2v) is 2.95. The standard InChI is InChI=1S/C13H20/c1-5-8-10-12(4)13(7-3)11-9-6-2/h5-6,8-11H,7H2,1-4H3/b8-5+,9-6-,12-10-,13-11-. The van der Waals surface area contributed by atoms with Gasteiger partial charge in [-0.1, -0.05) is 43.4 Å². The van der Waals surface area contributed by atoms with Gasteiger partial charge < -0.3 is 0 Å². The van der Waals surface area contributed by atoms with Crippen LogP contribution in [0.3, 0.4) is 0 Å². The van der Waals surface area contributed by atoms with Gasteiger partial charge in [0.15, 0.2) is 0 Å². The van der Waals surface area contributed by atoms with Gasteiger partial charge in [0.1, 0.15) is 0 Å². The Bertz CT molecular complexity index is 237. The zero-order valence-electron chi connectivity index (χ0n) is 9.17. The topological polar surface area (TPSA) is 0 Å². The molecule has 0 aromatic heterocycles. The number of hydrogen-bond donors (Lipinski definition) is 0. The molecule has 0 aromatic rings. The summed E-state index contributed by atoms with van der Waals surface area (Å²) in [6, 6.07) is 0. The summed E-state index contributed by atoms with van der Waals surface area (Å²) >= 11 is 0. The molecule has 0 aromatic carbocycles. The molecule has 0 fully saturated rings. The maximum atomic E-state index is 2.18. The molecule has 0 amide bonds. The van der Waals surface area contributed by atoms with Crippen LogP contribution < -0.4 is 0 Å². The van der Waals surface area contributed by atoms with Crippen molar-refractivity contribution in [2.75, 3.05) is 0 Å². The van der Waals surface area contributed by atoms with E-state index in [4.69, 9.17) is 0 Å². The fourth-order valence-corrected chi connectivity index (χ4v) is 1.09. The third kappa shape index (κ3) is 5.24. The molecule has 0 radical (unpaired) electrons. The Kier molecular flexibility index (Phi) is 6.99. The Balaban J connectivity index is 4.57. The fourth-order valence-electron chi connectivity index (χ4n) is 1.09. The van der Waals surface area contributed by atoms with Crippen LogP contribution in [0.5, 0.6) is 0 Å². The van der Waals surface area contributed by atoms with Gasteiger partial charge >= 0.3 is 0 Å².